The minimum atomic E-state index is 0.746. The fraction of sp³-hybridized carbons (Fsp3) is 1.00. The molecule has 0 aromatic carbocycles. The maximum atomic E-state index is 5.39. The van der Waals surface area contributed by atoms with Gasteiger partial charge in [-0.2, -0.15) is 0 Å². The number of fused-ring (bicyclic) bond motifs is 1. The van der Waals surface area contributed by atoms with Gasteiger partial charge in [0.25, 0.3) is 0 Å². The Hall–Kier alpha value is 0.650. The van der Waals surface area contributed by atoms with E-state index < -0.39 is 0 Å². The Morgan fingerprint density at radius 2 is 2.40 bits per heavy atom. The number of ether oxygens (including phenoxy) is 1. The van der Waals surface area contributed by atoms with E-state index in [9.17, 15) is 0 Å². The first-order chi connectivity index (χ1) is 4.86. The highest BCUT2D eigenvalue weighted by Crippen LogP contribution is 2.25. The van der Waals surface area contributed by atoms with Crippen LogP contribution in [0.3, 0.4) is 0 Å². The van der Waals surface area contributed by atoms with Crippen molar-refractivity contribution in [2.24, 2.45) is 0 Å². The summed E-state index contributed by atoms with van der Waals surface area (Å²) < 4.78 is 6.25. The van der Waals surface area contributed by atoms with Gasteiger partial charge in [-0.1, -0.05) is 22.6 Å². The first-order valence-corrected chi connectivity index (χ1v) is 5.06. The molecule has 2 rings (SSSR count). The zero-order chi connectivity index (χ0) is 6.97. The number of halogens is 1. The van der Waals surface area contributed by atoms with Crippen LogP contribution in [0.4, 0.5) is 0 Å². The molecule has 0 amide bonds. The van der Waals surface area contributed by atoms with E-state index in [2.05, 4.69) is 27.5 Å². The summed E-state index contributed by atoms with van der Waals surface area (Å²) in [4.78, 5) is 2.56. The number of nitrogens with zero attached hydrogens (tertiary/aromatic N) is 1. The molecule has 0 radical (unpaired) electrons. The molecule has 58 valence electrons. The Kier molecular flexibility index (Phi) is 2.15. The number of hydrogen-bond acceptors (Lipinski definition) is 2. The van der Waals surface area contributed by atoms with Gasteiger partial charge < -0.3 is 4.74 Å². The first kappa shape index (κ1) is 7.31. The van der Waals surface area contributed by atoms with Crippen molar-refractivity contribution in [3.8, 4) is 0 Å². The van der Waals surface area contributed by atoms with Gasteiger partial charge in [0.05, 0.1) is 13.2 Å². The highest BCUT2D eigenvalue weighted by atomic mass is 127. The summed E-state index contributed by atoms with van der Waals surface area (Å²) in [5.41, 5.74) is 0. The van der Waals surface area contributed by atoms with Crippen molar-refractivity contribution in [2.75, 3.05) is 26.3 Å². The van der Waals surface area contributed by atoms with Crippen molar-refractivity contribution in [2.45, 2.75) is 16.4 Å². The largest absolute Gasteiger partial charge is 0.378 e. The second kappa shape index (κ2) is 2.95. The maximum Gasteiger partial charge on any atom is 0.0622 e. The summed E-state index contributed by atoms with van der Waals surface area (Å²) in [5.74, 6) is 0. The second-order valence-corrected chi connectivity index (χ2v) is 4.82. The van der Waals surface area contributed by atoms with Crippen LogP contribution in [0.15, 0.2) is 0 Å². The third-order valence-electron chi connectivity index (χ3n) is 2.31. The third-order valence-corrected chi connectivity index (χ3v) is 3.21. The zero-order valence-corrected chi connectivity index (χ0v) is 8.08. The molecule has 1 unspecified atom stereocenters. The van der Waals surface area contributed by atoms with Gasteiger partial charge in [-0.25, -0.2) is 0 Å². The SMILES string of the molecule is IC1C[C@H]2COCCN2C1. The molecule has 2 saturated heterocycles. The fourth-order valence-electron chi connectivity index (χ4n) is 1.77. The molecule has 2 aliphatic rings. The van der Waals surface area contributed by atoms with Gasteiger partial charge in [0.15, 0.2) is 0 Å². The molecule has 0 aromatic heterocycles. The molecular weight excluding hydrogens is 241 g/mol. The van der Waals surface area contributed by atoms with E-state index >= 15 is 0 Å². The van der Waals surface area contributed by atoms with E-state index in [1.54, 1.807) is 0 Å². The Bertz CT molecular complexity index is 117. The van der Waals surface area contributed by atoms with Crippen LogP contribution in [0.1, 0.15) is 6.42 Å². The molecule has 2 heterocycles. The molecule has 0 aliphatic carbocycles. The molecule has 3 heteroatoms. The van der Waals surface area contributed by atoms with Crippen molar-refractivity contribution >= 4 is 22.6 Å². The lowest BCUT2D eigenvalue weighted by atomic mass is 10.2. The Morgan fingerprint density at radius 1 is 1.50 bits per heavy atom. The van der Waals surface area contributed by atoms with Crippen LogP contribution >= 0.6 is 22.6 Å². The van der Waals surface area contributed by atoms with Crippen molar-refractivity contribution in [1.82, 2.24) is 4.90 Å². The molecule has 2 aliphatic heterocycles. The van der Waals surface area contributed by atoms with Gasteiger partial charge in [-0.05, 0) is 6.42 Å². The van der Waals surface area contributed by atoms with Crippen molar-refractivity contribution in [3.63, 3.8) is 0 Å². The summed E-state index contributed by atoms with van der Waals surface area (Å²) in [5, 5.41) is 0. The molecule has 2 nitrogen and oxygen atoms in total. The smallest absolute Gasteiger partial charge is 0.0622 e. The quantitative estimate of drug-likeness (QED) is 0.469. The van der Waals surface area contributed by atoms with Gasteiger partial charge in [0, 0.05) is 23.1 Å². The third kappa shape index (κ3) is 1.31. The number of hydrogen-bond donors (Lipinski definition) is 0. The van der Waals surface area contributed by atoms with Crippen LogP contribution in [0.2, 0.25) is 0 Å². The van der Waals surface area contributed by atoms with Crippen LogP contribution in [0.25, 0.3) is 0 Å². The normalized spacial score (nSPS) is 41.7. The van der Waals surface area contributed by atoms with Crippen LogP contribution in [-0.2, 0) is 4.74 Å². The molecule has 0 spiro atoms. The molecule has 2 fully saturated rings. The molecule has 2 atom stereocenters. The van der Waals surface area contributed by atoms with E-state index in [1.807, 2.05) is 0 Å². The minimum Gasteiger partial charge on any atom is -0.378 e. The van der Waals surface area contributed by atoms with E-state index in [0.29, 0.717) is 0 Å². The average Bonchev–Trinajstić information content (AvgIpc) is 2.27. The predicted molar refractivity (Wildman–Crippen MR) is 48.6 cm³/mol. The number of alkyl halides is 1. The summed E-state index contributed by atoms with van der Waals surface area (Å²) in [6.45, 7) is 4.36. The Labute approximate surface area is 75.1 Å². The highest BCUT2D eigenvalue weighted by Gasteiger charge is 2.32. The van der Waals surface area contributed by atoms with E-state index in [0.717, 1.165) is 29.7 Å². The molecule has 0 N–H and O–H groups in total. The fourth-order valence-corrected chi connectivity index (χ4v) is 2.86. The predicted octanol–water partition coefficient (Wildman–Crippen LogP) is 0.895. The van der Waals surface area contributed by atoms with E-state index in [4.69, 9.17) is 4.74 Å². The zero-order valence-electron chi connectivity index (χ0n) is 5.92. The van der Waals surface area contributed by atoms with Crippen molar-refractivity contribution in [3.05, 3.63) is 0 Å². The molecule has 0 bridgehead atoms. The van der Waals surface area contributed by atoms with Gasteiger partial charge in [-0.15, -0.1) is 0 Å². The second-order valence-electron chi connectivity index (χ2n) is 3.06. The lowest BCUT2D eigenvalue weighted by molar-refractivity contribution is 0.0129. The minimum absolute atomic E-state index is 0.746. The summed E-state index contributed by atoms with van der Waals surface area (Å²) in [6.07, 6.45) is 1.33. The van der Waals surface area contributed by atoms with Gasteiger partial charge in [-0.3, -0.25) is 4.90 Å². The van der Waals surface area contributed by atoms with Crippen LogP contribution in [0, 0.1) is 0 Å². The molecule has 0 saturated carbocycles. The van der Waals surface area contributed by atoms with Crippen molar-refractivity contribution in [1.29, 1.82) is 0 Å². The summed E-state index contributed by atoms with van der Waals surface area (Å²) in [6, 6.07) is 0.746. The summed E-state index contributed by atoms with van der Waals surface area (Å²) >= 11 is 2.54. The molecular formula is C7H12INO. The summed E-state index contributed by atoms with van der Waals surface area (Å²) in [7, 11) is 0. The lowest BCUT2D eigenvalue weighted by Crippen LogP contribution is -2.40. The molecule has 0 aromatic rings. The van der Waals surface area contributed by atoms with Gasteiger partial charge >= 0.3 is 0 Å². The van der Waals surface area contributed by atoms with Crippen molar-refractivity contribution < 1.29 is 4.74 Å². The van der Waals surface area contributed by atoms with E-state index in [1.165, 1.54) is 13.0 Å². The lowest BCUT2D eigenvalue weighted by Gasteiger charge is -2.28. The Balaban J connectivity index is 1.97. The van der Waals surface area contributed by atoms with Crippen LogP contribution in [0.5, 0.6) is 0 Å². The van der Waals surface area contributed by atoms with E-state index in [-0.39, 0.29) is 0 Å². The van der Waals surface area contributed by atoms with Gasteiger partial charge in [0.2, 0.25) is 0 Å². The molecule has 10 heavy (non-hydrogen) atoms. The Morgan fingerprint density at radius 3 is 3.20 bits per heavy atom. The van der Waals surface area contributed by atoms with Gasteiger partial charge in [0.1, 0.15) is 0 Å². The van der Waals surface area contributed by atoms with Crippen LogP contribution < -0.4 is 0 Å². The maximum absolute atomic E-state index is 5.39. The number of rotatable bonds is 0. The topological polar surface area (TPSA) is 12.5 Å². The monoisotopic (exact) mass is 253 g/mol. The van der Waals surface area contributed by atoms with Crippen LogP contribution in [-0.4, -0.2) is 41.2 Å². The number of morpholine rings is 1. The highest BCUT2D eigenvalue weighted by molar-refractivity contribution is 14.1. The average molecular weight is 253 g/mol. The first-order valence-electron chi connectivity index (χ1n) is 3.82. The standard InChI is InChI=1S/C7H12INO/c8-6-3-7-5-10-2-1-9(7)4-6/h6-7H,1-5H2/t6?,7-/m0/s1.